The van der Waals surface area contributed by atoms with Gasteiger partial charge in [-0.05, 0) is 67.2 Å². The van der Waals surface area contributed by atoms with Crippen LogP contribution in [0.4, 0.5) is 0 Å². The van der Waals surface area contributed by atoms with Crippen molar-refractivity contribution in [3.63, 3.8) is 0 Å². The summed E-state index contributed by atoms with van der Waals surface area (Å²) in [6, 6.07) is 24.1. The smallest absolute Gasteiger partial charge is 0.0870 e. The third kappa shape index (κ3) is 10.5. The predicted molar refractivity (Wildman–Crippen MR) is 174 cm³/mol. The SMILES string of the molecule is CC(C)Cc1cc(-c2ccccn2)[n-]n1.Cc1nc2ccccc2nc1-c1[c-]c(CC(C)(C)C)cc(CC(C)(C)C)c1.[Ir]. The molecule has 0 aliphatic heterocycles. The molecule has 5 rings (SSSR count). The quantitative estimate of drug-likeness (QED) is 0.162. The molecule has 1 radical (unpaired) electrons. The van der Waals surface area contributed by atoms with Gasteiger partial charge in [-0.15, -0.1) is 34.9 Å². The van der Waals surface area contributed by atoms with Gasteiger partial charge in [0.05, 0.1) is 11.0 Å². The fraction of sp³-hybridized carbons (Fsp3) is 0.405. The van der Waals surface area contributed by atoms with Crippen molar-refractivity contribution in [2.24, 2.45) is 16.7 Å². The van der Waals surface area contributed by atoms with Gasteiger partial charge in [-0.3, -0.25) is 15.0 Å². The van der Waals surface area contributed by atoms with Gasteiger partial charge in [0.2, 0.25) is 0 Å². The number of nitrogens with zero attached hydrogens (tertiary/aromatic N) is 5. The molecule has 5 nitrogen and oxygen atoms in total. The number of aromatic nitrogens is 5. The Bertz CT molecular complexity index is 1570. The Kier molecular flexibility index (Phi) is 11.6. The molecular formula is C37H45IrN5-2. The first-order valence-corrected chi connectivity index (χ1v) is 15.0. The Morgan fingerprint density at radius 2 is 1.47 bits per heavy atom. The minimum Gasteiger partial charge on any atom is -0.573 e. The third-order valence-electron chi connectivity index (χ3n) is 6.57. The van der Waals surface area contributed by atoms with E-state index in [9.17, 15) is 0 Å². The van der Waals surface area contributed by atoms with Gasteiger partial charge in [0.25, 0.3) is 0 Å². The molecule has 0 aliphatic rings. The molecule has 0 spiro atoms. The molecule has 229 valence electrons. The summed E-state index contributed by atoms with van der Waals surface area (Å²) >= 11 is 0. The zero-order chi connectivity index (χ0) is 30.5. The predicted octanol–water partition coefficient (Wildman–Crippen LogP) is 8.88. The van der Waals surface area contributed by atoms with E-state index in [1.807, 2.05) is 55.5 Å². The van der Waals surface area contributed by atoms with E-state index in [4.69, 9.17) is 9.97 Å². The summed E-state index contributed by atoms with van der Waals surface area (Å²) < 4.78 is 0. The Morgan fingerprint density at radius 1 is 0.814 bits per heavy atom. The van der Waals surface area contributed by atoms with Crippen LogP contribution in [0, 0.1) is 29.7 Å². The molecule has 0 bridgehead atoms. The van der Waals surface area contributed by atoms with Crippen LogP contribution in [0.5, 0.6) is 0 Å². The summed E-state index contributed by atoms with van der Waals surface area (Å²) in [5.74, 6) is 0.610. The Morgan fingerprint density at radius 3 is 2.07 bits per heavy atom. The number of hydrogen-bond donors (Lipinski definition) is 0. The number of hydrogen-bond acceptors (Lipinski definition) is 4. The standard InChI is InChI=1S/C25H31N2.C12H14N3.Ir/c1-17-23(27-22-11-9-8-10-21(22)26-17)20-13-18(15-24(2,3)4)12-19(14-20)16-25(5,6)7;1-9(2)7-10-8-12(15-14-10)11-5-3-4-6-13-11;/h8-13H,15-16H2,1-7H3;3-6,8-9H,7H2,1-2H3;/q2*-1;. The van der Waals surface area contributed by atoms with Crippen molar-refractivity contribution in [2.75, 3.05) is 0 Å². The van der Waals surface area contributed by atoms with E-state index in [-0.39, 0.29) is 30.9 Å². The van der Waals surface area contributed by atoms with Gasteiger partial charge < -0.3 is 10.2 Å². The first-order chi connectivity index (χ1) is 19.8. The second kappa shape index (κ2) is 14.5. The minimum absolute atomic E-state index is 0. The van der Waals surface area contributed by atoms with Crippen LogP contribution in [-0.2, 0) is 39.4 Å². The second-order valence-corrected chi connectivity index (χ2v) is 14.1. The van der Waals surface area contributed by atoms with E-state index in [1.54, 1.807) is 6.20 Å². The Hall–Kier alpha value is -3.21. The molecule has 0 fully saturated rings. The maximum absolute atomic E-state index is 4.93. The summed E-state index contributed by atoms with van der Waals surface area (Å²) in [6.45, 7) is 20.1. The van der Waals surface area contributed by atoms with Crippen LogP contribution in [0.3, 0.4) is 0 Å². The van der Waals surface area contributed by atoms with E-state index in [0.717, 1.165) is 64.3 Å². The van der Waals surface area contributed by atoms with Gasteiger partial charge in [-0.2, -0.15) is 0 Å². The largest absolute Gasteiger partial charge is 0.573 e. The maximum atomic E-state index is 4.93. The summed E-state index contributed by atoms with van der Waals surface area (Å²) in [7, 11) is 0. The van der Waals surface area contributed by atoms with Gasteiger partial charge in [0.1, 0.15) is 0 Å². The van der Waals surface area contributed by atoms with Crippen LogP contribution in [0.1, 0.15) is 77.9 Å². The average molecular weight is 752 g/mol. The van der Waals surface area contributed by atoms with Crippen LogP contribution in [0.15, 0.2) is 66.9 Å². The number of fused-ring (bicyclic) bond motifs is 1. The summed E-state index contributed by atoms with van der Waals surface area (Å²) in [5, 5.41) is 8.27. The van der Waals surface area contributed by atoms with Gasteiger partial charge in [-0.1, -0.05) is 85.3 Å². The van der Waals surface area contributed by atoms with Crippen molar-refractivity contribution < 1.29 is 20.1 Å². The fourth-order valence-electron chi connectivity index (χ4n) is 5.04. The summed E-state index contributed by atoms with van der Waals surface area (Å²) in [5.41, 5.74) is 10.7. The molecule has 3 aromatic heterocycles. The number of rotatable bonds is 6. The van der Waals surface area contributed by atoms with Crippen LogP contribution >= 0.6 is 0 Å². The Labute approximate surface area is 271 Å². The molecule has 0 atom stereocenters. The number of aryl methyl sites for hydroxylation is 1. The van der Waals surface area contributed by atoms with Crippen molar-refractivity contribution >= 4 is 11.0 Å². The summed E-state index contributed by atoms with van der Waals surface area (Å²) in [6.07, 6.45) is 4.77. The first kappa shape index (κ1) is 34.3. The molecule has 43 heavy (non-hydrogen) atoms. The van der Waals surface area contributed by atoms with Crippen molar-refractivity contribution in [2.45, 2.75) is 81.6 Å². The minimum atomic E-state index is 0. The first-order valence-electron chi connectivity index (χ1n) is 15.0. The van der Waals surface area contributed by atoms with Gasteiger partial charge >= 0.3 is 0 Å². The van der Waals surface area contributed by atoms with E-state index in [0.29, 0.717) is 5.92 Å². The fourth-order valence-corrected chi connectivity index (χ4v) is 5.04. The van der Waals surface area contributed by atoms with E-state index in [2.05, 4.69) is 88.8 Å². The molecule has 3 heterocycles. The van der Waals surface area contributed by atoms with Crippen molar-refractivity contribution in [1.82, 2.24) is 25.1 Å². The van der Waals surface area contributed by atoms with Crippen LogP contribution in [0.25, 0.3) is 33.7 Å². The molecule has 0 N–H and O–H groups in total. The van der Waals surface area contributed by atoms with E-state index < -0.39 is 0 Å². The van der Waals surface area contributed by atoms with E-state index >= 15 is 0 Å². The summed E-state index contributed by atoms with van der Waals surface area (Å²) in [4.78, 5) is 13.9. The molecule has 6 heteroatoms. The maximum Gasteiger partial charge on any atom is 0.0870 e. The van der Waals surface area contributed by atoms with E-state index in [1.165, 1.54) is 11.1 Å². The van der Waals surface area contributed by atoms with Crippen LogP contribution < -0.4 is 5.10 Å². The topological polar surface area (TPSA) is 65.7 Å². The number of pyridine rings is 1. The normalized spacial score (nSPS) is 11.7. The van der Waals surface area contributed by atoms with Crippen LogP contribution in [-0.4, -0.2) is 20.1 Å². The van der Waals surface area contributed by atoms with Gasteiger partial charge in [-0.25, -0.2) is 0 Å². The monoisotopic (exact) mass is 752 g/mol. The number of para-hydroxylation sites is 2. The van der Waals surface area contributed by atoms with Crippen molar-refractivity contribution in [3.8, 4) is 22.6 Å². The second-order valence-electron chi connectivity index (χ2n) is 14.1. The molecule has 0 saturated carbocycles. The molecule has 0 amide bonds. The molecule has 0 unspecified atom stereocenters. The average Bonchev–Trinajstić information content (AvgIpc) is 3.35. The molecule has 0 aliphatic carbocycles. The van der Waals surface area contributed by atoms with Gasteiger partial charge in [0.15, 0.2) is 0 Å². The Balaban J connectivity index is 0.000000268. The van der Waals surface area contributed by atoms with Gasteiger partial charge in [0, 0.05) is 49.1 Å². The zero-order valence-electron chi connectivity index (χ0n) is 27.1. The van der Waals surface area contributed by atoms with Crippen LogP contribution in [0.2, 0.25) is 0 Å². The molecule has 5 aromatic rings. The van der Waals surface area contributed by atoms with Crippen molar-refractivity contribution in [1.29, 1.82) is 0 Å². The molecule has 0 saturated heterocycles. The zero-order valence-corrected chi connectivity index (χ0v) is 29.5. The molecule has 2 aromatic carbocycles. The number of benzene rings is 2. The third-order valence-corrected chi connectivity index (χ3v) is 6.57. The van der Waals surface area contributed by atoms with Crippen molar-refractivity contribution in [3.05, 3.63) is 95.4 Å². The molecular weight excluding hydrogens is 707 g/mol.